The molecule has 2 aromatic rings. The van der Waals surface area contributed by atoms with E-state index in [-0.39, 0.29) is 29.8 Å². The molecule has 1 heterocycles. The van der Waals surface area contributed by atoms with Crippen LogP contribution in [0, 0.1) is 17.1 Å². The van der Waals surface area contributed by atoms with Crippen LogP contribution in [0.3, 0.4) is 0 Å². The van der Waals surface area contributed by atoms with Crippen molar-refractivity contribution in [1.82, 2.24) is 4.90 Å². The molecule has 0 aromatic heterocycles. The van der Waals surface area contributed by atoms with E-state index in [1.807, 2.05) is 32.3 Å². The number of hydrogen-bond donors (Lipinski definition) is 0. The maximum Gasteiger partial charge on any atom is 0.123 e. The Morgan fingerprint density at radius 1 is 1.20 bits per heavy atom. The monoisotopic (exact) mass is 452 g/mol. The first kappa shape index (κ1) is 19.8. The number of nitrogens with zero attached hydrogens (tertiary/aromatic N) is 2. The minimum absolute atomic E-state index is 0. The fourth-order valence-corrected chi connectivity index (χ4v) is 3.41. The molecule has 25 heavy (non-hydrogen) atoms. The van der Waals surface area contributed by atoms with Crippen LogP contribution in [0.4, 0.5) is 4.39 Å². The van der Waals surface area contributed by atoms with E-state index in [4.69, 9.17) is 10.00 Å². The zero-order valence-corrected chi connectivity index (χ0v) is 16.8. The SMILES string of the molecule is CN(C)CCCC1(c2ccc(F)cc2)OCc2cc(C#N)ccc21.I. The molecule has 0 saturated heterocycles. The van der Waals surface area contributed by atoms with Gasteiger partial charge in [-0.05, 0) is 74.4 Å². The minimum Gasteiger partial charge on any atom is -0.361 e. The molecule has 0 amide bonds. The van der Waals surface area contributed by atoms with E-state index in [9.17, 15) is 4.39 Å². The van der Waals surface area contributed by atoms with Gasteiger partial charge in [0.15, 0.2) is 0 Å². The van der Waals surface area contributed by atoms with Gasteiger partial charge in [0, 0.05) is 0 Å². The molecule has 5 heteroatoms. The Kier molecular flexibility index (Phi) is 6.55. The molecule has 1 atom stereocenters. The molecule has 0 fully saturated rings. The first-order valence-corrected chi connectivity index (χ1v) is 8.13. The van der Waals surface area contributed by atoms with E-state index in [1.54, 1.807) is 12.1 Å². The third-order valence-electron chi connectivity index (χ3n) is 4.59. The quantitative estimate of drug-likeness (QED) is 0.630. The van der Waals surface area contributed by atoms with E-state index >= 15 is 0 Å². The van der Waals surface area contributed by atoms with Crippen LogP contribution in [0.2, 0.25) is 0 Å². The van der Waals surface area contributed by atoms with E-state index in [0.717, 1.165) is 36.1 Å². The van der Waals surface area contributed by atoms with Crippen molar-refractivity contribution in [3.63, 3.8) is 0 Å². The second-order valence-corrected chi connectivity index (χ2v) is 6.51. The molecule has 1 aliphatic heterocycles. The molecule has 3 nitrogen and oxygen atoms in total. The molecular weight excluding hydrogens is 430 g/mol. The largest absolute Gasteiger partial charge is 0.361 e. The van der Waals surface area contributed by atoms with Crippen molar-refractivity contribution in [3.05, 3.63) is 70.5 Å². The highest BCUT2D eigenvalue weighted by molar-refractivity contribution is 14.0. The summed E-state index contributed by atoms with van der Waals surface area (Å²) in [6, 6.07) is 14.5. The van der Waals surface area contributed by atoms with Crippen LogP contribution in [0.15, 0.2) is 42.5 Å². The number of fused-ring (bicyclic) bond motifs is 1. The summed E-state index contributed by atoms with van der Waals surface area (Å²) in [5.41, 5.74) is 3.18. The molecule has 2 aromatic carbocycles. The van der Waals surface area contributed by atoms with Gasteiger partial charge in [-0.3, -0.25) is 0 Å². The number of nitriles is 1. The van der Waals surface area contributed by atoms with E-state index in [2.05, 4.69) is 11.0 Å². The number of rotatable bonds is 5. The summed E-state index contributed by atoms with van der Waals surface area (Å²) in [6.07, 6.45) is 1.78. The zero-order valence-electron chi connectivity index (χ0n) is 14.5. The van der Waals surface area contributed by atoms with Crippen molar-refractivity contribution < 1.29 is 9.13 Å². The molecule has 0 spiro atoms. The lowest BCUT2D eigenvalue weighted by molar-refractivity contribution is -0.0140. The van der Waals surface area contributed by atoms with Crippen LogP contribution in [0.1, 0.15) is 35.1 Å². The van der Waals surface area contributed by atoms with E-state index < -0.39 is 5.60 Å². The summed E-state index contributed by atoms with van der Waals surface area (Å²) in [6.45, 7) is 1.43. The molecule has 3 rings (SSSR count). The lowest BCUT2D eigenvalue weighted by Gasteiger charge is -2.31. The summed E-state index contributed by atoms with van der Waals surface area (Å²) >= 11 is 0. The van der Waals surface area contributed by atoms with Gasteiger partial charge in [-0.2, -0.15) is 5.26 Å². The van der Waals surface area contributed by atoms with Gasteiger partial charge in [0.2, 0.25) is 0 Å². The number of ether oxygens (including phenoxy) is 1. The van der Waals surface area contributed by atoms with Crippen LogP contribution in [-0.4, -0.2) is 25.5 Å². The number of halogens is 2. The Labute approximate surface area is 165 Å². The van der Waals surface area contributed by atoms with Gasteiger partial charge < -0.3 is 9.64 Å². The predicted molar refractivity (Wildman–Crippen MR) is 106 cm³/mol. The average Bonchev–Trinajstić information content (AvgIpc) is 2.94. The van der Waals surface area contributed by atoms with Crippen LogP contribution in [0.5, 0.6) is 0 Å². The highest BCUT2D eigenvalue weighted by atomic mass is 127. The summed E-state index contributed by atoms with van der Waals surface area (Å²) in [7, 11) is 4.10. The normalized spacial score (nSPS) is 18.5. The summed E-state index contributed by atoms with van der Waals surface area (Å²) in [5.74, 6) is -0.250. The maximum absolute atomic E-state index is 13.4. The molecule has 0 saturated carbocycles. The van der Waals surface area contributed by atoms with Crippen molar-refractivity contribution in [2.45, 2.75) is 25.0 Å². The summed E-state index contributed by atoms with van der Waals surface area (Å²) in [5, 5.41) is 9.11. The zero-order chi connectivity index (χ0) is 17.2. The molecule has 0 N–H and O–H groups in total. The molecular formula is C20H22FIN2O. The van der Waals surface area contributed by atoms with Crippen LogP contribution in [0.25, 0.3) is 0 Å². The third-order valence-corrected chi connectivity index (χ3v) is 4.59. The Balaban J connectivity index is 0.00000225. The topological polar surface area (TPSA) is 36.3 Å². The van der Waals surface area contributed by atoms with Crippen LogP contribution < -0.4 is 0 Å². The Morgan fingerprint density at radius 2 is 1.92 bits per heavy atom. The van der Waals surface area contributed by atoms with Gasteiger partial charge in [-0.1, -0.05) is 18.2 Å². The van der Waals surface area contributed by atoms with Crippen molar-refractivity contribution >= 4 is 24.0 Å². The maximum atomic E-state index is 13.4. The van der Waals surface area contributed by atoms with Gasteiger partial charge in [-0.25, -0.2) is 4.39 Å². The van der Waals surface area contributed by atoms with E-state index in [0.29, 0.717) is 12.2 Å². The lowest BCUT2D eigenvalue weighted by Crippen LogP contribution is -2.28. The van der Waals surface area contributed by atoms with Gasteiger partial charge in [-0.15, -0.1) is 24.0 Å². The molecule has 1 aliphatic rings. The Morgan fingerprint density at radius 3 is 2.56 bits per heavy atom. The smallest absolute Gasteiger partial charge is 0.123 e. The third kappa shape index (κ3) is 4.02. The number of hydrogen-bond acceptors (Lipinski definition) is 3. The average molecular weight is 452 g/mol. The second kappa shape index (κ2) is 8.26. The lowest BCUT2D eigenvalue weighted by atomic mass is 9.81. The minimum atomic E-state index is -0.562. The van der Waals surface area contributed by atoms with Gasteiger partial charge in [0.25, 0.3) is 0 Å². The van der Waals surface area contributed by atoms with Gasteiger partial charge in [0.05, 0.1) is 18.2 Å². The van der Waals surface area contributed by atoms with Crippen molar-refractivity contribution in [3.8, 4) is 6.07 Å². The second-order valence-electron chi connectivity index (χ2n) is 6.51. The first-order chi connectivity index (χ1) is 11.5. The fraction of sp³-hybridized carbons (Fsp3) is 0.350. The fourth-order valence-electron chi connectivity index (χ4n) is 3.41. The summed E-state index contributed by atoms with van der Waals surface area (Å²) in [4.78, 5) is 2.15. The standard InChI is InChI=1S/C20H21FN2O.HI/c1-23(2)11-3-10-20(17-5-7-18(21)8-6-17)19-9-4-15(13-22)12-16(19)14-24-20;/h4-9,12H,3,10-11,14H2,1-2H3;1H. The van der Waals surface area contributed by atoms with Gasteiger partial charge in [0.1, 0.15) is 11.4 Å². The van der Waals surface area contributed by atoms with Crippen LogP contribution >= 0.6 is 24.0 Å². The first-order valence-electron chi connectivity index (χ1n) is 8.13. The van der Waals surface area contributed by atoms with Gasteiger partial charge >= 0.3 is 0 Å². The van der Waals surface area contributed by atoms with Crippen molar-refractivity contribution in [1.29, 1.82) is 5.26 Å². The van der Waals surface area contributed by atoms with E-state index in [1.165, 1.54) is 12.1 Å². The predicted octanol–water partition coefficient (Wildman–Crippen LogP) is 4.43. The van der Waals surface area contributed by atoms with Crippen molar-refractivity contribution in [2.75, 3.05) is 20.6 Å². The Bertz CT molecular complexity index is 770. The molecule has 0 radical (unpaired) electrons. The molecule has 132 valence electrons. The molecule has 1 unspecified atom stereocenters. The Hall–Kier alpha value is -1.49. The number of benzene rings is 2. The summed E-state index contributed by atoms with van der Waals surface area (Å²) < 4.78 is 19.6. The van der Waals surface area contributed by atoms with Crippen molar-refractivity contribution in [2.24, 2.45) is 0 Å². The van der Waals surface area contributed by atoms with Crippen LogP contribution in [-0.2, 0) is 16.9 Å². The molecule has 0 aliphatic carbocycles. The highest BCUT2D eigenvalue weighted by Gasteiger charge is 2.41. The molecule has 0 bridgehead atoms. The highest BCUT2D eigenvalue weighted by Crippen LogP contribution is 2.45.